The number of nitrogens with zero attached hydrogens (tertiary/aromatic N) is 6. The number of anilines is 1. The maximum atomic E-state index is 13.5. The first-order valence-corrected chi connectivity index (χ1v) is 22.8. The molecule has 7 aliphatic heterocycles. The minimum absolute atomic E-state index is 0.0624. The largest absolute Gasteiger partial charge is 0.492 e. The van der Waals surface area contributed by atoms with Crippen molar-refractivity contribution >= 4 is 45.9 Å². The predicted octanol–water partition coefficient (Wildman–Crippen LogP) is 5.79. The number of rotatable bonds is 6. The second kappa shape index (κ2) is 14.7. The molecule has 1 spiro atoms. The average molecular weight is 845 g/mol. The van der Waals surface area contributed by atoms with E-state index in [1.165, 1.54) is 67.0 Å². The number of likely N-dealkylation sites (tertiary alicyclic amines) is 2. The second-order valence-electron chi connectivity index (χ2n) is 19.4. The monoisotopic (exact) mass is 844 g/mol. The van der Waals surface area contributed by atoms with Gasteiger partial charge < -0.3 is 24.3 Å². The van der Waals surface area contributed by atoms with Crippen LogP contribution in [0.4, 0.5) is 5.69 Å². The van der Waals surface area contributed by atoms with Crippen LogP contribution < -0.4 is 20.5 Å². The third kappa shape index (κ3) is 6.41. The molecule has 1 N–H and O–H groups in total. The topological polar surface area (TPSA) is 120 Å². The summed E-state index contributed by atoms with van der Waals surface area (Å²) >= 11 is 6.53. The molecule has 1 aromatic heterocycles. The second-order valence-corrected chi connectivity index (χ2v) is 19.8. The molecular formula is C48H54ClN7O5. The first-order valence-electron chi connectivity index (χ1n) is 22.9. The van der Waals surface area contributed by atoms with Crippen LogP contribution in [0.15, 0.2) is 53.3 Å². The molecule has 3 aromatic carbocycles. The number of hydrogen-bond acceptors (Lipinski definition) is 9. The van der Waals surface area contributed by atoms with E-state index in [9.17, 15) is 19.2 Å². The van der Waals surface area contributed by atoms with Gasteiger partial charge in [0.15, 0.2) is 1.41 Å². The third-order valence-electron chi connectivity index (χ3n) is 15.5. The normalized spacial score (nSPS) is 24.3. The maximum absolute atomic E-state index is 13.5. The summed E-state index contributed by atoms with van der Waals surface area (Å²) in [5.74, 6) is 1.61. The quantitative estimate of drug-likeness (QED) is 0.241. The summed E-state index contributed by atoms with van der Waals surface area (Å²) in [5, 5.41) is 1.33. The van der Waals surface area contributed by atoms with Crippen molar-refractivity contribution in [2.45, 2.75) is 88.6 Å². The number of aromatic nitrogens is 2. The van der Waals surface area contributed by atoms with Crippen LogP contribution in [-0.2, 0) is 27.0 Å². The predicted molar refractivity (Wildman–Crippen MR) is 234 cm³/mol. The molecule has 0 unspecified atom stereocenters. The summed E-state index contributed by atoms with van der Waals surface area (Å²) in [6, 6.07) is 15.6. The lowest BCUT2D eigenvalue weighted by molar-refractivity contribution is -0.136. The van der Waals surface area contributed by atoms with Crippen molar-refractivity contribution in [2.24, 2.45) is 11.8 Å². The molecule has 3 amide bonds. The van der Waals surface area contributed by atoms with Crippen LogP contribution in [0.1, 0.15) is 98.1 Å². The van der Waals surface area contributed by atoms with Gasteiger partial charge in [0.05, 0.1) is 40.2 Å². The van der Waals surface area contributed by atoms with Gasteiger partial charge in [-0.1, -0.05) is 29.8 Å². The van der Waals surface area contributed by atoms with Gasteiger partial charge in [-0.2, -0.15) is 4.98 Å². The minimum Gasteiger partial charge on any atom is -0.492 e. The van der Waals surface area contributed by atoms with Gasteiger partial charge in [-0.3, -0.25) is 29.1 Å². The Balaban J connectivity index is 0.663. The van der Waals surface area contributed by atoms with Crippen molar-refractivity contribution in [1.29, 1.82) is 0 Å². The highest BCUT2D eigenvalue weighted by Crippen LogP contribution is 2.50. The molecule has 0 saturated carbocycles. The molecule has 7 aliphatic rings. The fourth-order valence-corrected chi connectivity index (χ4v) is 12.2. The average Bonchev–Trinajstić information content (AvgIpc) is 3.88. The first kappa shape index (κ1) is 37.9. The molecule has 61 heavy (non-hydrogen) atoms. The number of hydrogen-bond donors (Lipinski definition) is 1. The lowest BCUT2D eigenvalue weighted by Crippen LogP contribution is -2.52. The molecule has 1 atom stereocenters. The molecule has 4 saturated heterocycles. The Hall–Kier alpha value is -4.78. The fourth-order valence-electron chi connectivity index (χ4n) is 11.9. The van der Waals surface area contributed by atoms with Crippen molar-refractivity contribution < 1.29 is 20.5 Å². The Labute approximate surface area is 362 Å². The first-order chi connectivity index (χ1) is 29.9. The van der Waals surface area contributed by atoms with E-state index in [0.717, 1.165) is 73.9 Å². The number of carbonyl (C=O) groups excluding carboxylic acids is 3. The third-order valence-corrected chi connectivity index (χ3v) is 15.8. The number of benzene rings is 3. The highest BCUT2D eigenvalue weighted by Gasteiger charge is 2.48. The number of fused-ring (bicyclic) bond motifs is 9. The highest BCUT2D eigenvalue weighted by atomic mass is 35.5. The number of ether oxygens (including phenoxy) is 1. The molecule has 4 fully saturated rings. The summed E-state index contributed by atoms with van der Waals surface area (Å²) in [7, 11) is 0. The van der Waals surface area contributed by atoms with Crippen LogP contribution >= 0.6 is 11.6 Å². The molecule has 318 valence electrons. The van der Waals surface area contributed by atoms with E-state index in [-0.39, 0.29) is 36.3 Å². The van der Waals surface area contributed by atoms with Crippen molar-refractivity contribution in [3.05, 3.63) is 92.0 Å². The molecule has 0 aliphatic carbocycles. The smallest absolute Gasteiger partial charge is 0.282 e. The van der Waals surface area contributed by atoms with E-state index >= 15 is 0 Å². The molecule has 11 rings (SSSR count). The summed E-state index contributed by atoms with van der Waals surface area (Å²) < 4.78 is 16.4. The van der Waals surface area contributed by atoms with Gasteiger partial charge in [0.2, 0.25) is 11.8 Å². The summed E-state index contributed by atoms with van der Waals surface area (Å²) in [6.07, 6.45) is 7.22. The van der Waals surface area contributed by atoms with Gasteiger partial charge in [-0.15, -0.1) is 0 Å². The van der Waals surface area contributed by atoms with E-state index in [0.29, 0.717) is 39.7 Å². The molecule has 4 aromatic rings. The van der Waals surface area contributed by atoms with Crippen LogP contribution in [0.2, 0.25) is 6.43 Å². The Kier molecular flexibility index (Phi) is 9.12. The van der Waals surface area contributed by atoms with Crippen LogP contribution in [-0.4, -0.2) is 107 Å². The van der Waals surface area contributed by atoms with E-state index in [2.05, 4.69) is 62.4 Å². The van der Waals surface area contributed by atoms with Gasteiger partial charge in [-0.25, -0.2) is 0 Å². The van der Waals surface area contributed by atoms with Gasteiger partial charge in [0, 0.05) is 60.4 Å². The van der Waals surface area contributed by atoms with Gasteiger partial charge >= 0.3 is 0 Å². The van der Waals surface area contributed by atoms with E-state index < -0.39 is 23.3 Å². The Morgan fingerprint density at radius 2 is 1.57 bits per heavy atom. The summed E-state index contributed by atoms with van der Waals surface area (Å²) in [6.45, 7) is 14.0. The van der Waals surface area contributed by atoms with Crippen molar-refractivity contribution in [3.8, 4) is 11.4 Å². The zero-order valence-electron chi connectivity index (χ0n) is 36.1. The van der Waals surface area contributed by atoms with Crippen molar-refractivity contribution in [1.82, 2.24) is 29.6 Å². The number of amides is 3. The van der Waals surface area contributed by atoms with Gasteiger partial charge in [0.1, 0.15) is 17.6 Å². The number of nitrogens with one attached hydrogen (secondary N) is 1. The maximum Gasteiger partial charge on any atom is 0.282 e. The van der Waals surface area contributed by atoms with E-state index in [4.69, 9.17) is 17.7 Å². The molecule has 13 heteroatoms. The summed E-state index contributed by atoms with van der Waals surface area (Å²) in [4.78, 5) is 65.3. The standard InChI is InChI=1S/C48H54ClN7O5/c1-47(2)34-8-6-31(24-39(34)56-37-5-3-4-36(49)41(37)44(59)51-46(47)56)54-20-14-30(15-21-54)25-52-18-12-29(13-19-52)26-53-22-16-48(17-23-53)28-61-42-33-27-55(38-10-11-40(57)50-43(38)58)45(60)32(33)7-9-35(42)48/h3-9,24,29-30,38H,10-23,25-28H2,1-2H3,(H,50,57,58)/t38-/m0/s1/i/hD. The lowest BCUT2D eigenvalue weighted by atomic mass is 9.73. The zero-order chi connectivity index (χ0) is 42.7. The highest BCUT2D eigenvalue weighted by molar-refractivity contribution is 6.35. The van der Waals surface area contributed by atoms with Crippen molar-refractivity contribution in [3.63, 3.8) is 0 Å². The molecule has 8 heterocycles. The lowest BCUT2D eigenvalue weighted by Gasteiger charge is -2.42. The van der Waals surface area contributed by atoms with Crippen LogP contribution in [0, 0.1) is 11.8 Å². The Morgan fingerprint density at radius 1 is 0.869 bits per heavy atom. The van der Waals surface area contributed by atoms with Gasteiger partial charge in [-0.05, 0) is 133 Å². The van der Waals surface area contributed by atoms with Crippen LogP contribution in [0.25, 0.3) is 16.6 Å². The van der Waals surface area contributed by atoms with Gasteiger partial charge in [0.25, 0.3) is 11.5 Å². The van der Waals surface area contributed by atoms with E-state index in [1.54, 1.807) is 6.07 Å². The number of piperidine rings is 4. The molecule has 0 radical (unpaired) electrons. The number of carbonyl (C=O) groups is 3. The van der Waals surface area contributed by atoms with Crippen molar-refractivity contribution in [2.75, 3.05) is 63.9 Å². The molecular weight excluding hydrogens is 790 g/mol. The summed E-state index contributed by atoms with van der Waals surface area (Å²) in [5.41, 5.74) is 6.17. The molecule has 0 bridgehead atoms. The van der Waals surface area contributed by atoms with Crippen LogP contribution in [0.3, 0.4) is 0 Å². The fraction of sp³-hybridized carbons (Fsp3) is 0.521. The minimum atomic E-state index is -0.794. The van der Waals surface area contributed by atoms with Crippen LogP contribution in [0.5, 0.6) is 5.75 Å². The number of halogens is 1. The Morgan fingerprint density at radius 3 is 2.33 bits per heavy atom. The number of imide groups is 1. The Bertz CT molecular complexity index is 2590. The molecule has 12 nitrogen and oxygen atoms in total. The van der Waals surface area contributed by atoms with E-state index in [1.807, 2.05) is 18.2 Å². The SMILES string of the molecule is [2H]N1C(=O)CC[C@H](N2Cc3c(ccc4c3OCC43CCN(CC4CCN(CC5CCN(c6ccc7c(c6)-n6c(nc(=O)c8c(Cl)cccc86)C7(C)C)CC5)CC4)CC3)C2=O)C1=O. The zero-order valence-corrected chi connectivity index (χ0v) is 35.9.